The second kappa shape index (κ2) is 10.4. The van der Waals surface area contributed by atoms with Crippen molar-refractivity contribution in [3.05, 3.63) is 156 Å². The van der Waals surface area contributed by atoms with Crippen LogP contribution < -0.4 is 20.7 Å². The Balaban J connectivity index is 1.36. The first-order chi connectivity index (χ1) is 19.8. The molecule has 0 radical (unpaired) electrons. The van der Waals surface area contributed by atoms with Crippen molar-refractivity contribution >= 4 is 45.8 Å². The van der Waals surface area contributed by atoms with Crippen LogP contribution in [0.5, 0.6) is 0 Å². The van der Waals surface area contributed by atoms with Gasteiger partial charge in [-0.2, -0.15) is 4.58 Å². The van der Waals surface area contributed by atoms with E-state index in [1.54, 1.807) is 0 Å². The molecule has 194 valence electrons. The highest BCUT2D eigenvalue weighted by Gasteiger charge is 2.41. The Morgan fingerprint density at radius 1 is 0.550 bits per heavy atom. The summed E-state index contributed by atoms with van der Waals surface area (Å²) >= 11 is 0. The summed E-state index contributed by atoms with van der Waals surface area (Å²) < 4.78 is 2.58. The Bertz CT molecular complexity index is 1620. The third-order valence-corrected chi connectivity index (χ3v) is 13.6. The summed E-state index contributed by atoms with van der Waals surface area (Å²) in [6.07, 6.45) is 3.61. The topological polar surface area (TPSA) is 3.01 Å². The van der Waals surface area contributed by atoms with Gasteiger partial charge in [0.2, 0.25) is 5.69 Å². The van der Waals surface area contributed by atoms with E-state index < -0.39 is 8.07 Å². The molecule has 1 nitrogen and oxygen atoms in total. The number of hydrogen-bond acceptors (Lipinski definition) is 0. The predicted molar refractivity (Wildman–Crippen MR) is 172 cm³/mol. The van der Waals surface area contributed by atoms with Crippen LogP contribution >= 0.6 is 0 Å². The zero-order chi connectivity index (χ0) is 26.9. The largest absolute Gasteiger partial charge is 0.213 e. The molecule has 1 aliphatic carbocycles. The molecule has 1 aliphatic heterocycles. The smallest absolute Gasteiger partial charge is 0.191 e. The SMILES string of the molecule is CC1=C2C(=[N+](Cc3ccc([Si](c4ccccc4)(c4ccccc4)c4ccccc4)cc3)c3ccccc32)CCC1. The molecule has 0 fully saturated rings. The molecular formula is C38H34NSi+. The molecule has 40 heavy (non-hydrogen) atoms. The molecule has 0 unspecified atom stereocenters. The summed E-state index contributed by atoms with van der Waals surface area (Å²) in [4.78, 5) is 0. The molecule has 0 saturated carbocycles. The zero-order valence-electron chi connectivity index (χ0n) is 23.1. The summed E-state index contributed by atoms with van der Waals surface area (Å²) in [5.41, 5.74) is 8.68. The van der Waals surface area contributed by atoms with E-state index in [4.69, 9.17) is 0 Å². The molecule has 0 N–H and O–H groups in total. The van der Waals surface area contributed by atoms with Crippen LogP contribution in [0.3, 0.4) is 0 Å². The lowest BCUT2D eigenvalue weighted by molar-refractivity contribution is -0.455. The minimum atomic E-state index is -2.49. The van der Waals surface area contributed by atoms with Crippen molar-refractivity contribution in [2.75, 3.05) is 0 Å². The fourth-order valence-electron chi connectivity index (χ4n) is 7.03. The van der Waals surface area contributed by atoms with E-state index in [0.29, 0.717) is 0 Å². The van der Waals surface area contributed by atoms with Crippen molar-refractivity contribution in [3.8, 4) is 0 Å². The molecule has 0 saturated heterocycles. The van der Waals surface area contributed by atoms with Gasteiger partial charge in [0.15, 0.2) is 20.3 Å². The summed E-state index contributed by atoms with van der Waals surface area (Å²) in [5, 5.41) is 5.66. The average Bonchev–Trinajstić information content (AvgIpc) is 3.34. The van der Waals surface area contributed by atoms with Gasteiger partial charge in [0.05, 0.1) is 11.1 Å². The van der Waals surface area contributed by atoms with E-state index in [-0.39, 0.29) is 0 Å². The van der Waals surface area contributed by atoms with Gasteiger partial charge in [-0.1, -0.05) is 133 Å². The highest BCUT2D eigenvalue weighted by Crippen LogP contribution is 2.41. The molecule has 2 heteroatoms. The summed E-state index contributed by atoms with van der Waals surface area (Å²) in [6.45, 7) is 3.23. The first kappa shape index (κ1) is 24.7. The van der Waals surface area contributed by atoms with Crippen LogP contribution in [-0.2, 0) is 6.54 Å². The summed E-state index contributed by atoms with van der Waals surface area (Å²) in [5.74, 6) is 0. The number of benzene rings is 5. The van der Waals surface area contributed by atoms with E-state index in [2.05, 4.69) is 151 Å². The number of allylic oxidation sites excluding steroid dienone is 2. The Morgan fingerprint density at radius 3 is 1.62 bits per heavy atom. The molecular weight excluding hydrogens is 499 g/mol. The fraction of sp³-hybridized carbons (Fsp3) is 0.132. The first-order valence-electron chi connectivity index (χ1n) is 14.5. The lowest BCUT2D eigenvalue weighted by Crippen LogP contribution is -2.74. The number of fused-ring (bicyclic) bond motifs is 3. The van der Waals surface area contributed by atoms with Crippen LogP contribution in [0.25, 0.3) is 5.57 Å². The summed E-state index contributed by atoms with van der Waals surface area (Å²) in [7, 11) is -2.49. The summed E-state index contributed by atoms with van der Waals surface area (Å²) in [6, 6.07) is 52.1. The highest BCUT2D eigenvalue weighted by atomic mass is 28.3. The lowest BCUT2D eigenvalue weighted by atomic mass is 9.88. The molecule has 2 aliphatic rings. The normalized spacial score (nSPS) is 14.7. The predicted octanol–water partition coefficient (Wildman–Crippen LogP) is 6.32. The second-order valence-electron chi connectivity index (χ2n) is 11.1. The van der Waals surface area contributed by atoms with Crippen molar-refractivity contribution in [3.63, 3.8) is 0 Å². The second-order valence-corrected chi connectivity index (χ2v) is 14.9. The zero-order valence-corrected chi connectivity index (χ0v) is 24.1. The minimum absolute atomic E-state index is 0.903. The van der Waals surface area contributed by atoms with Crippen molar-refractivity contribution in [1.82, 2.24) is 0 Å². The molecule has 1 heterocycles. The van der Waals surface area contributed by atoms with Crippen LogP contribution in [0.1, 0.15) is 37.3 Å². The van der Waals surface area contributed by atoms with Crippen LogP contribution in [0.15, 0.2) is 145 Å². The Kier molecular flexibility index (Phi) is 6.41. The van der Waals surface area contributed by atoms with Gasteiger partial charge >= 0.3 is 0 Å². The maximum absolute atomic E-state index is 2.58. The average molecular weight is 533 g/mol. The molecule has 0 atom stereocenters. The van der Waals surface area contributed by atoms with E-state index in [0.717, 1.165) is 13.0 Å². The lowest BCUT2D eigenvalue weighted by Gasteiger charge is -2.34. The monoisotopic (exact) mass is 532 g/mol. The van der Waals surface area contributed by atoms with Crippen molar-refractivity contribution in [1.29, 1.82) is 0 Å². The quantitative estimate of drug-likeness (QED) is 0.137. The number of nitrogens with zero attached hydrogens (tertiary/aromatic N) is 1. The van der Waals surface area contributed by atoms with Gasteiger partial charge < -0.3 is 0 Å². The molecule has 0 bridgehead atoms. The molecule has 0 amide bonds. The maximum atomic E-state index is 2.58. The van der Waals surface area contributed by atoms with E-state index in [1.165, 1.54) is 67.3 Å². The van der Waals surface area contributed by atoms with Crippen molar-refractivity contribution < 1.29 is 4.58 Å². The third-order valence-electron chi connectivity index (χ3n) is 8.82. The molecule has 5 aromatic carbocycles. The van der Waals surface area contributed by atoms with Crippen molar-refractivity contribution in [2.24, 2.45) is 0 Å². The van der Waals surface area contributed by atoms with Gasteiger partial charge in [0, 0.05) is 18.1 Å². The molecule has 0 spiro atoms. The van der Waals surface area contributed by atoms with Crippen LogP contribution in [0.4, 0.5) is 5.69 Å². The van der Waals surface area contributed by atoms with Crippen molar-refractivity contribution in [2.45, 2.75) is 32.7 Å². The van der Waals surface area contributed by atoms with Gasteiger partial charge in [-0.25, -0.2) is 0 Å². The van der Waals surface area contributed by atoms with Crippen LogP contribution in [0.2, 0.25) is 0 Å². The number of hydrogen-bond donors (Lipinski definition) is 0. The molecule has 0 aromatic heterocycles. The van der Waals surface area contributed by atoms with Gasteiger partial charge in [0.25, 0.3) is 0 Å². The molecule has 5 aromatic rings. The third kappa shape index (κ3) is 4.03. The maximum Gasteiger partial charge on any atom is 0.213 e. The fourth-order valence-corrected chi connectivity index (χ4v) is 11.8. The Morgan fingerprint density at radius 2 is 1.05 bits per heavy atom. The minimum Gasteiger partial charge on any atom is -0.191 e. The van der Waals surface area contributed by atoms with E-state index >= 15 is 0 Å². The van der Waals surface area contributed by atoms with Gasteiger partial charge in [-0.05, 0) is 46.6 Å². The van der Waals surface area contributed by atoms with Gasteiger partial charge in [0.1, 0.15) is 0 Å². The molecule has 7 rings (SSSR count). The van der Waals surface area contributed by atoms with Gasteiger partial charge in [-0.15, -0.1) is 0 Å². The van der Waals surface area contributed by atoms with E-state index in [9.17, 15) is 0 Å². The first-order valence-corrected chi connectivity index (χ1v) is 16.5. The van der Waals surface area contributed by atoms with E-state index in [1.807, 2.05) is 0 Å². The highest BCUT2D eigenvalue weighted by molar-refractivity contribution is 7.19. The number of rotatable bonds is 6. The Hall–Kier alpha value is -4.27. The number of para-hydroxylation sites is 1. The van der Waals surface area contributed by atoms with Crippen LogP contribution in [-0.4, -0.2) is 18.4 Å². The Labute approximate surface area is 238 Å². The van der Waals surface area contributed by atoms with Gasteiger partial charge in [-0.3, -0.25) is 0 Å². The standard InChI is InChI=1S/C38H34NSi/c1-29-14-13-23-37-38(29)35-21-11-12-22-36(35)39(37)28-30-24-26-34(27-25-30)40(31-15-5-2-6-16-31,32-17-7-3-8-18-32)33-19-9-4-10-20-33/h2-12,15-22,24-27H,13-14,23,28H2,1H3/q+1. The van der Waals surface area contributed by atoms with Crippen LogP contribution in [0, 0.1) is 0 Å².